The zero-order valence-electron chi connectivity index (χ0n) is 8.83. The molecule has 1 aromatic heterocycles. The van der Waals surface area contributed by atoms with Crippen LogP contribution in [-0.4, -0.2) is 16.2 Å². The average Bonchev–Trinajstić information content (AvgIpc) is 2.80. The zero-order valence-corrected chi connectivity index (χ0v) is 9.65. The van der Waals surface area contributed by atoms with Crippen LogP contribution < -0.4 is 0 Å². The van der Waals surface area contributed by atoms with E-state index in [2.05, 4.69) is 0 Å². The van der Waals surface area contributed by atoms with E-state index in [1.807, 2.05) is 17.5 Å². The highest BCUT2D eigenvalue weighted by atomic mass is 32.1. The summed E-state index contributed by atoms with van der Waals surface area (Å²) in [5, 5.41) is 20.2. The van der Waals surface area contributed by atoms with E-state index in [0.29, 0.717) is 5.56 Å². The van der Waals surface area contributed by atoms with E-state index >= 15 is 0 Å². The molecule has 0 radical (unpaired) electrons. The third kappa shape index (κ3) is 2.73. The number of hydrogen-bond acceptors (Lipinski definition) is 3. The van der Waals surface area contributed by atoms with Gasteiger partial charge in [-0.1, -0.05) is 18.2 Å². The second kappa shape index (κ2) is 4.84. The molecule has 2 N–H and O–H groups in total. The van der Waals surface area contributed by atoms with Crippen LogP contribution in [0, 0.1) is 0 Å². The molecule has 0 aliphatic heterocycles. The summed E-state index contributed by atoms with van der Waals surface area (Å²) in [6.45, 7) is 0. The van der Waals surface area contributed by atoms with Crippen molar-refractivity contribution in [3.05, 3.63) is 52.2 Å². The Labute approximate surface area is 102 Å². The van der Waals surface area contributed by atoms with Gasteiger partial charge in [0.2, 0.25) is 0 Å². The molecule has 0 aliphatic carbocycles. The Bertz CT molecular complexity index is 539. The maximum Gasteiger partial charge on any atom is 0.336 e. The summed E-state index contributed by atoms with van der Waals surface area (Å²) < 4.78 is 0. The number of carboxylic acid groups (broad SMARTS) is 1. The minimum absolute atomic E-state index is 0.120. The van der Waals surface area contributed by atoms with Crippen molar-refractivity contribution >= 4 is 29.0 Å². The van der Waals surface area contributed by atoms with Gasteiger partial charge in [-0.2, -0.15) is 0 Å². The molecule has 0 saturated heterocycles. The van der Waals surface area contributed by atoms with Crippen LogP contribution in [0.3, 0.4) is 0 Å². The number of phenols is 1. The Morgan fingerprint density at radius 3 is 2.41 bits per heavy atom. The van der Waals surface area contributed by atoms with Gasteiger partial charge in [-0.05, 0) is 35.2 Å². The first kappa shape index (κ1) is 11.4. The van der Waals surface area contributed by atoms with Crippen molar-refractivity contribution in [1.82, 2.24) is 0 Å². The van der Waals surface area contributed by atoms with E-state index in [-0.39, 0.29) is 11.3 Å². The third-order valence-corrected chi connectivity index (χ3v) is 3.06. The lowest BCUT2D eigenvalue weighted by Gasteiger charge is -2.02. The molecule has 0 saturated carbocycles. The molecule has 86 valence electrons. The number of benzene rings is 1. The average molecular weight is 246 g/mol. The van der Waals surface area contributed by atoms with E-state index in [0.717, 1.165) is 4.88 Å². The normalized spacial score (nSPS) is 11.4. The van der Waals surface area contributed by atoms with Gasteiger partial charge < -0.3 is 10.2 Å². The van der Waals surface area contributed by atoms with Crippen LogP contribution in [-0.2, 0) is 4.79 Å². The van der Waals surface area contributed by atoms with Gasteiger partial charge in [0.05, 0.1) is 5.57 Å². The summed E-state index contributed by atoms with van der Waals surface area (Å²) in [5.74, 6) is -0.862. The minimum atomic E-state index is -0.982. The predicted octanol–water partition coefficient (Wildman–Crippen LogP) is 3.08. The number of phenolic OH excluding ortho intramolecular Hbond substituents is 1. The molecular formula is C13H10O3S. The molecule has 1 heterocycles. The summed E-state index contributed by atoms with van der Waals surface area (Å²) in [7, 11) is 0. The molecule has 0 bridgehead atoms. The number of carbonyl (C=O) groups is 1. The predicted molar refractivity (Wildman–Crippen MR) is 67.9 cm³/mol. The number of carboxylic acids is 1. The van der Waals surface area contributed by atoms with Crippen LogP contribution in [0.5, 0.6) is 5.75 Å². The van der Waals surface area contributed by atoms with Gasteiger partial charge >= 0.3 is 5.97 Å². The van der Waals surface area contributed by atoms with E-state index in [1.54, 1.807) is 18.2 Å². The van der Waals surface area contributed by atoms with Crippen LogP contribution in [0.25, 0.3) is 11.6 Å². The summed E-state index contributed by atoms with van der Waals surface area (Å²) in [6.07, 6.45) is 1.62. The van der Waals surface area contributed by atoms with Crippen molar-refractivity contribution in [3.63, 3.8) is 0 Å². The number of hydrogen-bond donors (Lipinski definition) is 2. The zero-order chi connectivity index (χ0) is 12.3. The Morgan fingerprint density at radius 2 is 1.88 bits per heavy atom. The number of aliphatic carboxylic acids is 1. The fourth-order valence-electron chi connectivity index (χ4n) is 1.43. The Hall–Kier alpha value is -2.07. The van der Waals surface area contributed by atoms with Gasteiger partial charge in [-0.15, -0.1) is 11.3 Å². The highest BCUT2D eigenvalue weighted by molar-refractivity contribution is 7.10. The first-order valence-corrected chi connectivity index (χ1v) is 5.82. The first-order chi connectivity index (χ1) is 8.16. The van der Waals surface area contributed by atoms with Crippen molar-refractivity contribution < 1.29 is 15.0 Å². The fourth-order valence-corrected chi connectivity index (χ4v) is 2.08. The van der Waals surface area contributed by atoms with Gasteiger partial charge in [0.15, 0.2) is 0 Å². The monoisotopic (exact) mass is 246 g/mol. The van der Waals surface area contributed by atoms with Crippen LogP contribution in [0.1, 0.15) is 10.4 Å². The quantitative estimate of drug-likeness (QED) is 0.818. The lowest BCUT2D eigenvalue weighted by Crippen LogP contribution is -1.98. The minimum Gasteiger partial charge on any atom is -0.508 e. The molecule has 1 aromatic carbocycles. The number of thiophene rings is 1. The van der Waals surface area contributed by atoms with Crippen LogP contribution >= 0.6 is 11.3 Å². The Kier molecular flexibility index (Phi) is 3.25. The van der Waals surface area contributed by atoms with E-state index in [4.69, 9.17) is 10.2 Å². The van der Waals surface area contributed by atoms with Crippen molar-refractivity contribution in [2.45, 2.75) is 0 Å². The third-order valence-electron chi connectivity index (χ3n) is 2.24. The van der Waals surface area contributed by atoms with Gasteiger partial charge in [0, 0.05) is 4.88 Å². The lowest BCUT2D eigenvalue weighted by molar-refractivity contribution is -0.130. The smallest absolute Gasteiger partial charge is 0.336 e. The van der Waals surface area contributed by atoms with E-state index in [9.17, 15) is 4.79 Å². The first-order valence-electron chi connectivity index (χ1n) is 4.95. The molecule has 0 amide bonds. The lowest BCUT2D eigenvalue weighted by atomic mass is 10.1. The molecule has 0 atom stereocenters. The van der Waals surface area contributed by atoms with E-state index < -0.39 is 5.97 Å². The molecule has 2 rings (SSSR count). The summed E-state index contributed by atoms with van der Waals surface area (Å²) in [5.41, 5.74) is 0.788. The van der Waals surface area contributed by atoms with Gasteiger partial charge in [-0.3, -0.25) is 0 Å². The Balaban J connectivity index is 2.43. The highest BCUT2D eigenvalue weighted by Crippen LogP contribution is 2.22. The molecule has 17 heavy (non-hydrogen) atoms. The highest BCUT2D eigenvalue weighted by Gasteiger charge is 2.10. The van der Waals surface area contributed by atoms with Crippen LogP contribution in [0.4, 0.5) is 0 Å². The summed E-state index contributed by atoms with van der Waals surface area (Å²) in [6, 6.07) is 9.84. The van der Waals surface area contributed by atoms with Crippen molar-refractivity contribution in [2.75, 3.05) is 0 Å². The largest absolute Gasteiger partial charge is 0.508 e. The Morgan fingerprint density at radius 1 is 1.18 bits per heavy atom. The van der Waals surface area contributed by atoms with Crippen molar-refractivity contribution in [2.24, 2.45) is 0 Å². The molecule has 0 aliphatic rings. The van der Waals surface area contributed by atoms with Crippen LogP contribution in [0.15, 0.2) is 41.8 Å². The summed E-state index contributed by atoms with van der Waals surface area (Å²) in [4.78, 5) is 12.1. The SMILES string of the molecule is O=C(O)/C(=C\c1cccs1)c1ccc(O)cc1. The fraction of sp³-hybridized carbons (Fsp3) is 0. The van der Waals surface area contributed by atoms with Crippen molar-refractivity contribution in [1.29, 1.82) is 0 Å². The molecule has 0 unspecified atom stereocenters. The molecule has 0 fully saturated rings. The molecule has 3 nitrogen and oxygen atoms in total. The maximum absolute atomic E-state index is 11.2. The van der Waals surface area contributed by atoms with Gasteiger partial charge in [0.1, 0.15) is 5.75 Å². The van der Waals surface area contributed by atoms with Crippen LogP contribution in [0.2, 0.25) is 0 Å². The molecule has 0 spiro atoms. The standard InChI is InChI=1S/C13H10O3S/c14-10-5-3-9(4-6-10)12(13(15)16)8-11-2-1-7-17-11/h1-8,14H,(H,15,16)/b12-8-. The molecule has 2 aromatic rings. The molecular weight excluding hydrogens is 236 g/mol. The van der Waals surface area contributed by atoms with E-state index in [1.165, 1.54) is 23.5 Å². The van der Waals surface area contributed by atoms with Gasteiger partial charge in [-0.25, -0.2) is 4.79 Å². The van der Waals surface area contributed by atoms with Crippen molar-refractivity contribution in [3.8, 4) is 5.75 Å². The number of aromatic hydroxyl groups is 1. The summed E-state index contributed by atoms with van der Waals surface area (Å²) >= 11 is 1.48. The van der Waals surface area contributed by atoms with Gasteiger partial charge in [0.25, 0.3) is 0 Å². The topological polar surface area (TPSA) is 57.5 Å². The maximum atomic E-state index is 11.2. The second-order valence-corrected chi connectivity index (χ2v) is 4.40. The molecule has 4 heteroatoms. The second-order valence-electron chi connectivity index (χ2n) is 3.43. The number of rotatable bonds is 3.